The van der Waals surface area contributed by atoms with Gasteiger partial charge in [0.15, 0.2) is 0 Å². The molecule has 1 aliphatic heterocycles. The molecule has 0 spiro atoms. The SMILES string of the molecule is O=C1C2=C(C(=O)c3ccccc31)[C@H](c1ccccc1)[C@@H](n1cc(C[Se]c3ccccc3)nn1)CO2. The number of hydrogen-bond acceptors (Lipinski definition) is 5. The van der Waals surface area contributed by atoms with E-state index in [0.29, 0.717) is 16.7 Å². The molecular formula is C28H21N3O3Se. The molecule has 0 fully saturated rings. The van der Waals surface area contributed by atoms with Gasteiger partial charge in [0.1, 0.15) is 0 Å². The number of benzene rings is 3. The zero-order valence-electron chi connectivity index (χ0n) is 18.7. The van der Waals surface area contributed by atoms with E-state index in [1.54, 1.807) is 28.9 Å². The van der Waals surface area contributed by atoms with Gasteiger partial charge in [0.2, 0.25) is 0 Å². The van der Waals surface area contributed by atoms with E-state index in [1.807, 2.05) is 54.7 Å². The first-order valence-corrected chi connectivity index (χ1v) is 13.5. The van der Waals surface area contributed by atoms with Crippen LogP contribution in [0.2, 0.25) is 0 Å². The Balaban J connectivity index is 1.37. The Morgan fingerprint density at radius 2 is 1.51 bits per heavy atom. The average Bonchev–Trinajstić information content (AvgIpc) is 3.40. The summed E-state index contributed by atoms with van der Waals surface area (Å²) in [5, 5.41) is 9.66. The minimum atomic E-state index is -0.376. The van der Waals surface area contributed by atoms with Crippen molar-refractivity contribution in [3.05, 3.63) is 125 Å². The summed E-state index contributed by atoms with van der Waals surface area (Å²) in [5.74, 6) is -0.619. The second kappa shape index (κ2) is 9.10. The van der Waals surface area contributed by atoms with Gasteiger partial charge >= 0.3 is 209 Å². The van der Waals surface area contributed by atoms with Gasteiger partial charge in [-0.1, -0.05) is 0 Å². The Morgan fingerprint density at radius 3 is 2.26 bits per heavy atom. The molecule has 2 heterocycles. The number of rotatable bonds is 5. The van der Waals surface area contributed by atoms with Crippen molar-refractivity contribution in [2.75, 3.05) is 6.61 Å². The molecule has 1 aliphatic carbocycles. The van der Waals surface area contributed by atoms with E-state index < -0.39 is 0 Å². The van der Waals surface area contributed by atoms with E-state index in [4.69, 9.17) is 4.74 Å². The third-order valence-electron chi connectivity index (χ3n) is 6.39. The predicted molar refractivity (Wildman–Crippen MR) is 132 cm³/mol. The third-order valence-corrected chi connectivity index (χ3v) is 8.59. The number of carbonyl (C=O) groups excluding carboxylic acids is 2. The monoisotopic (exact) mass is 527 g/mol. The topological polar surface area (TPSA) is 74.1 Å². The normalized spacial score (nSPS) is 19.2. The van der Waals surface area contributed by atoms with Crippen LogP contribution in [0.3, 0.4) is 0 Å². The van der Waals surface area contributed by atoms with Gasteiger partial charge in [0, 0.05) is 0 Å². The number of fused-ring (bicyclic) bond motifs is 1. The number of ether oxygens (including phenoxy) is 1. The fourth-order valence-corrected chi connectivity index (χ4v) is 6.42. The zero-order chi connectivity index (χ0) is 23.8. The summed E-state index contributed by atoms with van der Waals surface area (Å²) in [6.07, 6.45) is 1.95. The second-order valence-electron chi connectivity index (χ2n) is 8.50. The Hall–Kier alpha value is -3.80. The van der Waals surface area contributed by atoms with Crippen molar-refractivity contribution < 1.29 is 14.3 Å². The predicted octanol–water partition coefficient (Wildman–Crippen LogP) is 3.50. The summed E-state index contributed by atoms with van der Waals surface area (Å²) in [7, 11) is 0. The van der Waals surface area contributed by atoms with E-state index in [-0.39, 0.29) is 50.8 Å². The van der Waals surface area contributed by atoms with Gasteiger partial charge in [-0.15, -0.1) is 0 Å². The van der Waals surface area contributed by atoms with Crippen LogP contribution in [-0.4, -0.2) is 48.1 Å². The Labute approximate surface area is 208 Å². The van der Waals surface area contributed by atoms with Crippen molar-refractivity contribution in [3.8, 4) is 0 Å². The molecule has 2 aliphatic rings. The summed E-state index contributed by atoms with van der Waals surface area (Å²) >= 11 is 0.245. The number of nitrogens with zero attached hydrogens (tertiary/aromatic N) is 3. The fourth-order valence-electron chi connectivity index (χ4n) is 4.75. The van der Waals surface area contributed by atoms with Crippen molar-refractivity contribution in [2.45, 2.75) is 17.3 Å². The second-order valence-corrected chi connectivity index (χ2v) is 10.7. The molecule has 0 saturated carbocycles. The fraction of sp³-hybridized carbons (Fsp3) is 0.143. The van der Waals surface area contributed by atoms with Gasteiger partial charge in [-0.25, -0.2) is 0 Å². The quantitative estimate of drug-likeness (QED) is 0.373. The molecule has 0 amide bonds. The number of Topliss-reactive ketones (excluding diaryl/α,β-unsaturated/α-hetero) is 2. The standard InChI is InChI=1S/C28H21N3O3Se/c32-26-21-13-7-8-14-22(21)27(33)28-25(26)24(18-9-3-1-4-10-18)23(16-34-28)31-15-19(29-30-31)17-35-20-11-5-2-6-12-20/h1-15,23-24H,16-17H2/t23-,24+/m0/s1. The van der Waals surface area contributed by atoms with Gasteiger partial charge in [-0.3, -0.25) is 0 Å². The van der Waals surface area contributed by atoms with Crippen LogP contribution < -0.4 is 4.46 Å². The van der Waals surface area contributed by atoms with E-state index in [9.17, 15) is 9.59 Å². The summed E-state index contributed by atoms with van der Waals surface area (Å²) in [6, 6.07) is 26.8. The van der Waals surface area contributed by atoms with E-state index in [2.05, 4.69) is 22.4 Å². The average molecular weight is 526 g/mol. The van der Waals surface area contributed by atoms with Gasteiger partial charge in [0.05, 0.1) is 0 Å². The minimum absolute atomic E-state index is 0.159. The third kappa shape index (κ3) is 3.93. The molecule has 3 aromatic carbocycles. The summed E-state index contributed by atoms with van der Waals surface area (Å²) in [5.41, 5.74) is 3.07. The van der Waals surface area contributed by atoms with Crippen LogP contribution in [0, 0.1) is 0 Å². The van der Waals surface area contributed by atoms with Gasteiger partial charge in [-0.2, -0.15) is 0 Å². The number of hydrogen-bond donors (Lipinski definition) is 0. The Bertz CT molecular complexity index is 1450. The zero-order valence-corrected chi connectivity index (χ0v) is 20.4. The van der Waals surface area contributed by atoms with Crippen LogP contribution in [0.5, 0.6) is 0 Å². The van der Waals surface area contributed by atoms with E-state index in [0.717, 1.165) is 16.6 Å². The van der Waals surface area contributed by atoms with Gasteiger partial charge in [0.25, 0.3) is 0 Å². The van der Waals surface area contributed by atoms with Crippen LogP contribution in [-0.2, 0) is 10.1 Å². The number of allylic oxidation sites excluding steroid dienone is 2. The maximum atomic E-state index is 13.7. The summed E-state index contributed by atoms with van der Waals surface area (Å²) in [6.45, 7) is 0.228. The molecule has 1 aromatic heterocycles. The molecule has 7 heteroatoms. The van der Waals surface area contributed by atoms with Crippen molar-refractivity contribution in [2.24, 2.45) is 0 Å². The summed E-state index contributed by atoms with van der Waals surface area (Å²) in [4.78, 5) is 27.0. The van der Waals surface area contributed by atoms with E-state index in [1.165, 1.54) is 4.46 Å². The van der Waals surface area contributed by atoms with Crippen LogP contribution in [0.15, 0.2) is 102 Å². The molecule has 172 valence electrons. The first-order chi connectivity index (χ1) is 17.2. The molecular weight excluding hydrogens is 505 g/mol. The molecule has 6 rings (SSSR count). The van der Waals surface area contributed by atoms with Crippen molar-refractivity contribution in [3.63, 3.8) is 0 Å². The van der Waals surface area contributed by atoms with E-state index >= 15 is 0 Å². The van der Waals surface area contributed by atoms with Crippen LogP contribution in [0.1, 0.15) is 43.9 Å². The summed E-state index contributed by atoms with van der Waals surface area (Å²) < 4.78 is 9.11. The molecule has 0 saturated heterocycles. The molecule has 0 radical (unpaired) electrons. The Kier molecular flexibility index (Phi) is 5.64. The molecule has 0 N–H and O–H groups in total. The molecule has 6 nitrogen and oxygen atoms in total. The van der Waals surface area contributed by atoms with Crippen molar-refractivity contribution in [1.29, 1.82) is 0 Å². The molecule has 0 unspecified atom stereocenters. The molecule has 4 aromatic rings. The molecule has 0 bridgehead atoms. The van der Waals surface area contributed by atoms with Crippen LogP contribution >= 0.6 is 0 Å². The number of aromatic nitrogens is 3. The molecule has 35 heavy (non-hydrogen) atoms. The van der Waals surface area contributed by atoms with Crippen molar-refractivity contribution >= 4 is 31.0 Å². The van der Waals surface area contributed by atoms with Crippen LogP contribution in [0.25, 0.3) is 0 Å². The molecule has 2 atom stereocenters. The van der Waals surface area contributed by atoms with Gasteiger partial charge < -0.3 is 0 Å². The Morgan fingerprint density at radius 1 is 0.857 bits per heavy atom. The number of carbonyl (C=O) groups is 2. The van der Waals surface area contributed by atoms with Gasteiger partial charge in [-0.05, 0) is 0 Å². The maximum absolute atomic E-state index is 13.7. The van der Waals surface area contributed by atoms with Crippen molar-refractivity contribution in [1.82, 2.24) is 15.0 Å². The number of ketones is 2. The van der Waals surface area contributed by atoms with Crippen LogP contribution in [0.4, 0.5) is 0 Å². The first-order valence-electron chi connectivity index (χ1n) is 11.4. The first kappa shape index (κ1) is 21.7.